The number of amides is 2. The third-order valence-corrected chi connectivity index (χ3v) is 6.62. The van der Waals surface area contributed by atoms with Gasteiger partial charge in [-0.05, 0) is 68.3 Å². The Kier molecular flexibility index (Phi) is 6.74. The van der Waals surface area contributed by atoms with Gasteiger partial charge in [0.25, 0.3) is 0 Å². The maximum atomic E-state index is 12.2. The van der Waals surface area contributed by atoms with Gasteiger partial charge in [0.1, 0.15) is 5.01 Å². The monoisotopic (exact) mass is 434 g/mol. The van der Waals surface area contributed by atoms with E-state index in [9.17, 15) is 9.59 Å². The number of para-hydroxylation sites is 1. The summed E-state index contributed by atoms with van der Waals surface area (Å²) in [6.07, 6.45) is 5.90. The fourth-order valence-corrected chi connectivity index (χ4v) is 4.65. The number of carbonyl (C=O) groups is 2. The molecule has 1 fully saturated rings. The number of nitrogens with zero attached hydrogens (tertiary/aromatic N) is 2. The molecule has 0 radical (unpaired) electrons. The molecule has 0 atom stereocenters. The number of hydrogen-bond donors (Lipinski definition) is 2. The number of primary amides is 1. The van der Waals surface area contributed by atoms with Gasteiger partial charge in [0, 0.05) is 24.2 Å². The number of carbonyl (C=O) groups excluding carboxylic acids is 2. The van der Waals surface area contributed by atoms with Crippen molar-refractivity contribution in [2.45, 2.75) is 19.3 Å². The minimum atomic E-state index is -0.177. The van der Waals surface area contributed by atoms with Crippen LogP contribution in [-0.4, -0.2) is 41.3 Å². The summed E-state index contributed by atoms with van der Waals surface area (Å²) >= 11 is 1.56. The van der Waals surface area contributed by atoms with Gasteiger partial charge in [-0.25, -0.2) is 4.98 Å². The van der Waals surface area contributed by atoms with Crippen LogP contribution < -0.4 is 11.1 Å². The zero-order valence-corrected chi connectivity index (χ0v) is 18.1. The Morgan fingerprint density at radius 1 is 1.13 bits per heavy atom. The SMILES string of the molecule is NC(=O)C1CCN(CCc2ccc(NC(=O)/C=C/c3nc4ccccc4s3)cc2)CC1. The van der Waals surface area contributed by atoms with Gasteiger partial charge >= 0.3 is 0 Å². The second-order valence-electron chi connectivity index (χ2n) is 7.81. The molecular weight excluding hydrogens is 408 g/mol. The molecule has 2 amide bonds. The summed E-state index contributed by atoms with van der Waals surface area (Å²) in [4.78, 5) is 30.4. The summed E-state index contributed by atoms with van der Waals surface area (Å²) in [7, 11) is 0. The van der Waals surface area contributed by atoms with Crippen LogP contribution in [0.15, 0.2) is 54.6 Å². The van der Waals surface area contributed by atoms with Crippen molar-refractivity contribution in [2.75, 3.05) is 25.0 Å². The van der Waals surface area contributed by atoms with Crippen LogP contribution in [0.25, 0.3) is 16.3 Å². The molecular formula is C24H26N4O2S. The van der Waals surface area contributed by atoms with Crippen LogP contribution in [0.3, 0.4) is 0 Å². The highest BCUT2D eigenvalue weighted by Gasteiger charge is 2.22. The summed E-state index contributed by atoms with van der Waals surface area (Å²) in [6, 6.07) is 15.9. The van der Waals surface area contributed by atoms with E-state index in [0.717, 1.165) is 59.8 Å². The molecule has 1 aliphatic heterocycles. The summed E-state index contributed by atoms with van der Waals surface area (Å²) < 4.78 is 1.11. The van der Waals surface area contributed by atoms with E-state index in [0.29, 0.717) is 0 Å². The van der Waals surface area contributed by atoms with Gasteiger partial charge in [-0.15, -0.1) is 11.3 Å². The number of likely N-dealkylation sites (tertiary alicyclic amines) is 1. The molecule has 160 valence electrons. The maximum absolute atomic E-state index is 12.2. The fraction of sp³-hybridized carbons (Fsp3) is 0.292. The second kappa shape index (κ2) is 9.85. The number of piperidine rings is 1. The van der Waals surface area contributed by atoms with Crippen molar-refractivity contribution < 1.29 is 9.59 Å². The van der Waals surface area contributed by atoms with Crippen molar-refractivity contribution in [2.24, 2.45) is 11.7 Å². The molecule has 31 heavy (non-hydrogen) atoms. The highest BCUT2D eigenvalue weighted by atomic mass is 32.1. The van der Waals surface area contributed by atoms with Crippen LogP contribution >= 0.6 is 11.3 Å². The van der Waals surface area contributed by atoms with Crippen molar-refractivity contribution in [1.82, 2.24) is 9.88 Å². The third kappa shape index (κ3) is 5.77. The number of benzene rings is 2. The first-order valence-electron chi connectivity index (χ1n) is 10.5. The Hall–Kier alpha value is -3.03. The molecule has 2 aromatic carbocycles. The lowest BCUT2D eigenvalue weighted by molar-refractivity contribution is -0.123. The lowest BCUT2D eigenvalue weighted by atomic mass is 9.96. The van der Waals surface area contributed by atoms with Crippen molar-refractivity contribution in [1.29, 1.82) is 0 Å². The van der Waals surface area contributed by atoms with Gasteiger partial charge in [-0.1, -0.05) is 24.3 Å². The van der Waals surface area contributed by atoms with Gasteiger partial charge in [0.05, 0.1) is 10.2 Å². The van der Waals surface area contributed by atoms with Crippen molar-refractivity contribution >= 4 is 45.1 Å². The minimum Gasteiger partial charge on any atom is -0.369 e. The Bertz CT molecular complexity index is 1050. The number of rotatable bonds is 7. The third-order valence-electron chi connectivity index (χ3n) is 5.62. The van der Waals surface area contributed by atoms with Crippen molar-refractivity contribution in [3.05, 3.63) is 65.2 Å². The van der Waals surface area contributed by atoms with Crippen LogP contribution in [0.4, 0.5) is 5.69 Å². The van der Waals surface area contributed by atoms with Crippen LogP contribution in [0.2, 0.25) is 0 Å². The molecule has 2 heterocycles. The van der Waals surface area contributed by atoms with E-state index in [4.69, 9.17) is 5.73 Å². The topological polar surface area (TPSA) is 88.3 Å². The quantitative estimate of drug-likeness (QED) is 0.555. The molecule has 1 aromatic heterocycles. The smallest absolute Gasteiger partial charge is 0.248 e. The van der Waals surface area contributed by atoms with Crippen LogP contribution in [-0.2, 0) is 16.0 Å². The first kappa shape index (κ1) is 21.2. The number of aromatic nitrogens is 1. The first-order valence-corrected chi connectivity index (χ1v) is 11.3. The van der Waals surface area contributed by atoms with Crippen LogP contribution in [0, 0.1) is 5.92 Å². The molecule has 0 saturated carbocycles. The highest BCUT2D eigenvalue weighted by Crippen LogP contribution is 2.22. The number of nitrogens with one attached hydrogen (secondary N) is 1. The normalized spacial score (nSPS) is 15.5. The largest absolute Gasteiger partial charge is 0.369 e. The van der Waals surface area contributed by atoms with E-state index >= 15 is 0 Å². The van der Waals surface area contributed by atoms with Crippen molar-refractivity contribution in [3.8, 4) is 0 Å². The summed E-state index contributed by atoms with van der Waals surface area (Å²) in [6.45, 7) is 2.80. The Balaban J connectivity index is 1.24. The second-order valence-corrected chi connectivity index (χ2v) is 8.87. The fourth-order valence-electron chi connectivity index (χ4n) is 3.78. The minimum absolute atomic E-state index is 0.0304. The Morgan fingerprint density at radius 3 is 2.58 bits per heavy atom. The van der Waals surface area contributed by atoms with E-state index in [1.807, 2.05) is 48.5 Å². The van der Waals surface area contributed by atoms with Gasteiger partial charge in [0.15, 0.2) is 0 Å². The molecule has 7 heteroatoms. The number of nitrogens with two attached hydrogens (primary N) is 1. The van der Waals surface area contributed by atoms with E-state index in [2.05, 4.69) is 15.2 Å². The highest BCUT2D eigenvalue weighted by molar-refractivity contribution is 7.19. The number of fused-ring (bicyclic) bond motifs is 1. The van der Waals surface area contributed by atoms with Crippen LogP contribution in [0.1, 0.15) is 23.4 Å². The number of anilines is 1. The van der Waals surface area contributed by atoms with E-state index < -0.39 is 0 Å². The van der Waals surface area contributed by atoms with Gasteiger partial charge in [-0.3, -0.25) is 9.59 Å². The number of thiazole rings is 1. The molecule has 0 unspecified atom stereocenters. The van der Waals surface area contributed by atoms with Crippen molar-refractivity contribution in [3.63, 3.8) is 0 Å². The van der Waals surface area contributed by atoms with Gasteiger partial charge in [-0.2, -0.15) is 0 Å². The summed E-state index contributed by atoms with van der Waals surface area (Å²) in [5, 5.41) is 3.70. The Labute approximate surface area is 185 Å². The standard InChI is InChI=1S/C24H26N4O2S/c25-24(30)18-12-15-28(16-13-18)14-11-17-5-7-19(8-6-17)26-22(29)9-10-23-27-20-3-1-2-4-21(20)31-23/h1-10,18H,11-16H2,(H2,25,30)(H,26,29)/b10-9+. The zero-order chi connectivity index (χ0) is 21.6. The Morgan fingerprint density at radius 2 is 1.87 bits per heavy atom. The molecule has 1 aliphatic rings. The van der Waals surface area contributed by atoms with Crippen LogP contribution in [0.5, 0.6) is 0 Å². The van der Waals surface area contributed by atoms with E-state index in [-0.39, 0.29) is 17.7 Å². The summed E-state index contributed by atoms with van der Waals surface area (Å²) in [5.41, 5.74) is 8.33. The molecule has 0 aliphatic carbocycles. The van der Waals surface area contributed by atoms with E-state index in [1.54, 1.807) is 17.4 Å². The molecule has 4 rings (SSSR count). The van der Waals surface area contributed by atoms with Gasteiger partial charge < -0.3 is 16.0 Å². The lowest BCUT2D eigenvalue weighted by Crippen LogP contribution is -2.39. The average Bonchev–Trinajstić information content (AvgIpc) is 3.21. The predicted octanol–water partition coefficient (Wildman–Crippen LogP) is 3.69. The molecule has 0 spiro atoms. The molecule has 1 saturated heterocycles. The predicted molar refractivity (Wildman–Crippen MR) is 126 cm³/mol. The molecule has 3 aromatic rings. The first-order chi connectivity index (χ1) is 15.1. The van der Waals surface area contributed by atoms with E-state index in [1.165, 1.54) is 11.6 Å². The molecule has 3 N–H and O–H groups in total. The average molecular weight is 435 g/mol. The maximum Gasteiger partial charge on any atom is 0.248 e. The number of hydrogen-bond acceptors (Lipinski definition) is 5. The zero-order valence-electron chi connectivity index (χ0n) is 17.3. The molecule has 0 bridgehead atoms. The molecule has 6 nitrogen and oxygen atoms in total. The van der Waals surface area contributed by atoms with Gasteiger partial charge in [0.2, 0.25) is 11.8 Å². The summed E-state index contributed by atoms with van der Waals surface area (Å²) in [5.74, 6) is -0.320. The lowest BCUT2D eigenvalue weighted by Gasteiger charge is -2.30.